The maximum atomic E-state index is 13.4. The maximum Gasteiger partial charge on any atom is 0.243 e. The molecule has 1 amide bonds. The van der Waals surface area contributed by atoms with Gasteiger partial charge in [-0.05, 0) is 35.9 Å². The molecule has 2 aromatic carbocycles. The summed E-state index contributed by atoms with van der Waals surface area (Å²) < 4.78 is 58.0. The normalized spacial score (nSPS) is 15.5. The van der Waals surface area contributed by atoms with Crippen LogP contribution in [-0.4, -0.2) is 56.8 Å². The first kappa shape index (κ1) is 20.2. The number of benzene rings is 2. The van der Waals surface area contributed by atoms with E-state index in [1.54, 1.807) is 30.2 Å². The van der Waals surface area contributed by atoms with Crippen LogP contribution in [0.4, 0.5) is 8.78 Å². The largest absolute Gasteiger partial charge is 0.497 e. The van der Waals surface area contributed by atoms with E-state index in [9.17, 15) is 22.0 Å². The number of ether oxygens (including phenoxy) is 1. The van der Waals surface area contributed by atoms with E-state index >= 15 is 0 Å². The number of nitrogens with zero attached hydrogens (tertiary/aromatic N) is 2. The second-order valence-corrected chi connectivity index (χ2v) is 8.33. The molecule has 28 heavy (non-hydrogen) atoms. The summed E-state index contributed by atoms with van der Waals surface area (Å²) in [7, 11) is -2.40. The molecule has 0 radical (unpaired) electrons. The van der Waals surface area contributed by atoms with Crippen LogP contribution in [0.15, 0.2) is 47.4 Å². The number of hydrogen-bond donors (Lipinski definition) is 0. The van der Waals surface area contributed by atoms with Crippen LogP contribution in [0.3, 0.4) is 0 Å². The zero-order valence-electron chi connectivity index (χ0n) is 15.3. The third kappa shape index (κ3) is 4.31. The number of piperazine rings is 1. The number of rotatable bonds is 5. The Hall–Kier alpha value is -2.52. The minimum absolute atomic E-state index is 0.0885. The van der Waals surface area contributed by atoms with Crippen LogP contribution in [0, 0.1) is 11.6 Å². The van der Waals surface area contributed by atoms with Crippen LogP contribution in [0.5, 0.6) is 5.75 Å². The third-order valence-electron chi connectivity index (χ3n) is 4.61. The smallest absolute Gasteiger partial charge is 0.243 e. The van der Waals surface area contributed by atoms with Crippen molar-refractivity contribution in [3.8, 4) is 5.75 Å². The van der Waals surface area contributed by atoms with Crippen molar-refractivity contribution in [1.29, 1.82) is 0 Å². The van der Waals surface area contributed by atoms with Gasteiger partial charge in [0.2, 0.25) is 15.9 Å². The molecule has 1 saturated heterocycles. The molecule has 150 valence electrons. The number of hydrogen-bond acceptors (Lipinski definition) is 4. The summed E-state index contributed by atoms with van der Waals surface area (Å²) >= 11 is 0. The predicted molar refractivity (Wildman–Crippen MR) is 98.4 cm³/mol. The fourth-order valence-corrected chi connectivity index (χ4v) is 4.47. The standard InChI is InChI=1S/C19H20F2N2O4S/c1-27-15-4-2-3-14(11-15)12-19(24)22-7-9-23(10-8-22)28(25,26)16-5-6-17(20)18(21)13-16/h2-6,11,13H,7-10,12H2,1H3. The Kier molecular flexibility index (Phi) is 5.95. The SMILES string of the molecule is COc1cccc(CC(=O)N2CCN(S(=O)(=O)c3ccc(F)c(F)c3)CC2)c1. The number of amides is 1. The predicted octanol–water partition coefficient (Wildman–Crippen LogP) is 2.05. The van der Waals surface area contributed by atoms with Crippen molar-refractivity contribution in [2.45, 2.75) is 11.3 Å². The van der Waals surface area contributed by atoms with Gasteiger partial charge in [-0.2, -0.15) is 4.31 Å². The Labute approximate surface area is 162 Å². The summed E-state index contributed by atoms with van der Waals surface area (Å²) in [5.74, 6) is -1.77. The number of carbonyl (C=O) groups excluding carboxylic acids is 1. The minimum atomic E-state index is -3.95. The molecule has 0 bridgehead atoms. The van der Waals surface area contributed by atoms with E-state index < -0.39 is 21.7 Å². The average molecular weight is 410 g/mol. The average Bonchev–Trinajstić information content (AvgIpc) is 2.70. The van der Waals surface area contributed by atoms with E-state index in [4.69, 9.17) is 4.74 Å². The molecule has 0 saturated carbocycles. The van der Waals surface area contributed by atoms with E-state index in [2.05, 4.69) is 0 Å². The monoisotopic (exact) mass is 410 g/mol. The van der Waals surface area contributed by atoms with Gasteiger partial charge in [0.1, 0.15) is 5.75 Å². The van der Waals surface area contributed by atoms with Crippen LogP contribution in [-0.2, 0) is 21.2 Å². The molecule has 3 rings (SSSR count). The molecule has 0 aromatic heterocycles. The third-order valence-corrected chi connectivity index (χ3v) is 6.50. The molecule has 1 aliphatic rings. The second kappa shape index (κ2) is 8.24. The van der Waals surface area contributed by atoms with Crippen LogP contribution in [0.25, 0.3) is 0 Å². The van der Waals surface area contributed by atoms with Crippen molar-refractivity contribution in [1.82, 2.24) is 9.21 Å². The summed E-state index contributed by atoms with van der Waals surface area (Å²) in [6.45, 7) is 0.633. The Balaban J connectivity index is 1.63. The lowest BCUT2D eigenvalue weighted by Crippen LogP contribution is -2.50. The molecule has 0 aliphatic carbocycles. The zero-order valence-corrected chi connectivity index (χ0v) is 16.1. The summed E-state index contributed by atoms with van der Waals surface area (Å²) in [6.07, 6.45) is 0.188. The zero-order chi connectivity index (χ0) is 20.3. The Bertz CT molecular complexity index is 974. The van der Waals surface area contributed by atoms with Gasteiger partial charge in [0.05, 0.1) is 18.4 Å². The number of carbonyl (C=O) groups is 1. The van der Waals surface area contributed by atoms with Crippen molar-refractivity contribution in [2.24, 2.45) is 0 Å². The lowest BCUT2D eigenvalue weighted by molar-refractivity contribution is -0.131. The molecule has 9 heteroatoms. The Morgan fingerprint density at radius 2 is 1.75 bits per heavy atom. The highest BCUT2D eigenvalue weighted by atomic mass is 32.2. The van der Waals surface area contributed by atoms with Gasteiger partial charge < -0.3 is 9.64 Å². The quantitative estimate of drug-likeness (QED) is 0.757. The summed E-state index contributed by atoms with van der Waals surface area (Å²) in [6, 6.07) is 9.69. The van der Waals surface area contributed by atoms with E-state index in [0.29, 0.717) is 11.8 Å². The van der Waals surface area contributed by atoms with Crippen molar-refractivity contribution in [3.05, 3.63) is 59.7 Å². The van der Waals surface area contributed by atoms with Crippen LogP contribution in [0.2, 0.25) is 0 Å². The topological polar surface area (TPSA) is 66.9 Å². The van der Waals surface area contributed by atoms with Crippen molar-refractivity contribution in [2.75, 3.05) is 33.3 Å². The first-order valence-electron chi connectivity index (χ1n) is 8.67. The van der Waals surface area contributed by atoms with Gasteiger partial charge >= 0.3 is 0 Å². The van der Waals surface area contributed by atoms with Gasteiger partial charge in [-0.3, -0.25) is 4.79 Å². The fraction of sp³-hybridized carbons (Fsp3) is 0.316. The number of sulfonamides is 1. The van der Waals surface area contributed by atoms with Gasteiger partial charge in [0.25, 0.3) is 0 Å². The fourth-order valence-electron chi connectivity index (χ4n) is 3.03. The molecule has 1 heterocycles. The highest BCUT2D eigenvalue weighted by molar-refractivity contribution is 7.89. The Morgan fingerprint density at radius 1 is 1.04 bits per heavy atom. The molecule has 0 atom stereocenters. The summed E-state index contributed by atoms with van der Waals surface area (Å²) in [5.41, 5.74) is 0.807. The highest BCUT2D eigenvalue weighted by Gasteiger charge is 2.30. The molecule has 2 aromatic rings. The second-order valence-electron chi connectivity index (χ2n) is 6.39. The molecular formula is C19H20F2N2O4S. The van der Waals surface area contributed by atoms with Crippen LogP contribution in [0.1, 0.15) is 5.56 Å². The maximum absolute atomic E-state index is 13.4. The van der Waals surface area contributed by atoms with E-state index in [1.807, 2.05) is 6.07 Å². The number of methoxy groups -OCH3 is 1. The van der Waals surface area contributed by atoms with Gasteiger partial charge in [0, 0.05) is 26.2 Å². The molecular weight excluding hydrogens is 390 g/mol. The first-order valence-corrected chi connectivity index (χ1v) is 10.1. The van der Waals surface area contributed by atoms with Crippen LogP contribution < -0.4 is 4.74 Å². The lowest BCUT2D eigenvalue weighted by Gasteiger charge is -2.34. The van der Waals surface area contributed by atoms with Gasteiger partial charge in [-0.25, -0.2) is 17.2 Å². The van der Waals surface area contributed by atoms with Gasteiger partial charge in [-0.1, -0.05) is 12.1 Å². The molecule has 1 fully saturated rings. The summed E-state index contributed by atoms with van der Waals surface area (Å²) in [5, 5.41) is 0. The lowest BCUT2D eigenvalue weighted by atomic mass is 10.1. The minimum Gasteiger partial charge on any atom is -0.497 e. The van der Waals surface area contributed by atoms with E-state index in [0.717, 1.165) is 17.7 Å². The van der Waals surface area contributed by atoms with Crippen molar-refractivity contribution < 1.29 is 26.7 Å². The molecule has 1 aliphatic heterocycles. The first-order chi connectivity index (χ1) is 13.3. The highest BCUT2D eigenvalue weighted by Crippen LogP contribution is 2.20. The number of halogens is 2. The Morgan fingerprint density at radius 3 is 2.39 bits per heavy atom. The van der Waals surface area contributed by atoms with Gasteiger partial charge in [-0.15, -0.1) is 0 Å². The molecule has 0 unspecified atom stereocenters. The van der Waals surface area contributed by atoms with Crippen molar-refractivity contribution >= 4 is 15.9 Å². The van der Waals surface area contributed by atoms with Crippen LogP contribution >= 0.6 is 0 Å². The molecule has 0 N–H and O–H groups in total. The van der Waals surface area contributed by atoms with Gasteiger partial charge in [0.15, 0.2) is 11.6 Å². The summed E-state index contributed by atoms with van der Waals surface area (Å²) in [4.78, 5) is 13.8. The molecule has 6 nitrogen and oxygen atoms in total. The van der Waals surface area contributed by atoms with E-state index in [-0.39, 0.29) is 43.4 Å². The van der Waals surface area contributed by atoms with E-state index in [1.165, 1.54) is 4.31 Å². The van der Waals surface area contributed by atoms with Crippen molar-refractivity contribution in [3.63, 3.8) is 0 Å². The molecule has 0 spiro atoms.